The Hall–Kier alpha value is -0.990. The molecule has 0 aromatic heterocycles. The number of fused-ring (bicyclic) bond motifs is 2. The van der Waals surface area contributed by atoms with Gasteiger partial charge in [-0.05, 0) is 24.2 Å². The van der Waals surface area contributed by atoms with Gasteiger partial charge in [-0.3, -0.25) is 0 Å². The van der Waals surface area contributed by atoms with Crippen LogP contribution in [-0.2, 0) is 4.74 Å². The van der Waals surface area contributed by atoms with Gasteiger partial charge in [-0.2, -0.15) is 0 Å². The van der Waals surface area contributed by atoms with Gasteiger partial charge in [0.05, 0.1) is 6.54 Å². The molecular formula is C11H15NO2. The van der Waals surface area contributed by atoms with Crippen LogP contribution in [-0.4, -0.2) is 30.2 Å². The zero-order valence-corrected chi connectivity index (χ0v) is 8.35. The van der Waals surface area contributed by atoms with E-state index in [-0.39, 0.29) is 6.09 Å². The molecule has 0 spiro atoms. The van der Waals surface area contributed by atoms with Gasteiger partial charge in [0.2, 0.25) is 0 Å². The van der Waals surface area contributed by atoms with Crippen molar-refractivity contribution in [2.75, 3.05) is 13.2 Å². The van der Waals surface area contributed by atoms with Crippen molar-refractivity contribution in [3.05, 3.63) is 12.2 Å². The van der Waals surface area contributed by atoms with Gasteiger partial charge < -0.3 is 9.64 Å². The lowest BCUT2D eigenvalue weighted by Gasteiger charge is -2.31. The molecule has 14 heavy (non-hydrogen) atoms. The normalized spacial score (nSPS) is 44.9. The third kappa shape index (κ3) is 0.954. The molecule has 1 aliphatic heterocycles. The SMILES string of the molecule is CC1[C@@H]2C=C[C@@H](C2)[C@@H]1N1CCOC1=O. The fourth-order valence-corrected chi connectivity index (χ4v) is 3.23. The quantitative estimate of drug-likeness (QED) is 0.592. The lowest BCUT2D eigenvalue weighted by molar-refractivity contribution is 0.132. The largest absolute Gasteiger partial charge is 0.448 e. The number of carbonyl (C=O) groups is 1. The third-order valence-electron chi connectivity index (χ3n) is 3.95. The summed E-state index contributed by atoms with van der Waals surface area (Å²) in [6.07, 6.45) is 5.71. The second-order valence-electron chi connectivity index (χ2n) is 4.61. The van der Waals surface area contributed by atoms with Gasteiger partial charge in [0.1, 0.15) is 6.61 Å². The fraction of sp³-hybridized carbons (Fsp3) is 0.727. The molecular weight excluding hydrogens is 178 g/mol. The molecule has 1 amide bonds. The molecule has 2 bridgehead atoms. The molecule has 1 saturated heterocycles. The van der Waals surface area contributed by atoms with Crippen molar-refractivity contribution in [3.63, 3.8) is 0 Å². The summed E-state index contributed by atoms with van der Waals surface area (Å²) in [5.74, 6) is 1.88. The molecule has 3 aliphatic rings. The van der Waals surface area contributed by atoms with Gasteiger partial charge in [0, 0.05) is 6.04 Å². The number of allylic oxidation sites excluding steroid dienone is 1. The van der Waals surface area contributed by atoms with Crippen LogP contribution in [0.1, 0.15) is 13.3 Å². The van der Waals surface area contributed by atoms with E-state index in [1.165, 1.54) is 6.42 Å². The average molecular weight is 193 g/mol. The molecule has 4 atom stereocenters. The van der Waals surface area contributed by atoms with Gasteiger partial charge in [0.15, 0.2) is 0 Å². The smallest absolute Gasteiger partial charge is 0.410 e. The van der Waals surface area contributed by atoms with E-state index in [0.29, 0.717) is 30.4 Å². The van der Waals surface area contributed by atoms with Crippen LogP contribution in [0, 0.1) is 17.8 Å². The molecule has 3 heteroatoms. The minimum absolute atomic E-state index is 0.109. The zero-order valence-electron chi connectivity index (χ0n) is 8.35. The van der Waals surface area contributed by atoms with Gasteiger partial charge in [-0.15, -0.1) is 0 Å². The Labute approximate surface area is 83.7 Å². The highest BCUT2D eigenvalue weighted by Gasteiger charge is 2.47. The second kappa shape index (κ2) is 2.75. The van der Waals surface area contributed by atoms with E-state index >= 15 is 0 Å². The lowest BCUT2D eigenvalue weighted by Crippen LogP contribution is -2.42. The number of carbonyl (C=O) groups excluding carboxylic acids is 1. The average Bonchev–Trinajstić information content (AvgIpc) is 2.81. The summed E-state index contributed by atoms with van der Waals surface area (Å²) >= 11 is 0. The molecule has 3 rings (SSSR count). The van der Waals surface area contributed by atoms with E-state index in [9.17, 15) is 4.79 Å². The fourth-order valence-electron chi connectivity index (χ4n) is 3.23. The molecule has 0 N–H and O–H groups in total. The van der Waals surface area contributed by atoms with Crippen molar-refractivity contribution in [2.24, 2.45) is 17.8 Å². The first-order chi connectivity index (χ1) is 6.77. The predicted octanol–water partition coefficient (Wildman–Crippen LogP) is 1.65. The van der Waals surface area contributed by atoms with Crippen LogP contribution >= 0.6 is 0 Å². The lowest BCUT2D eigenvalue weighted by atomic mass is 9.90. The van der Waals surface area contributed by atoms with E-state index in [1.54, 1.807) is 0 Å². The molecule has 1 unspecified atom stereocenters. The maximum Gasteiger partial charge on any atom is 0.410 e. The maximum absolute atomic E-state index is 11.5. The molecule has 76 valence electrons. The van der Waals surface area contributed by atoms with E-state index < -0.39 is 0 Å². The van der Waals surface area contributed by atoms with Crippen LogP contribution in [0.5, 0.6) is 0 Å². The van der Waals surface area contributed by atoms with E-state index in [1.807, 2.05) is 4.90 Å². The van der Waals surface area contributed by atoms with E-state index in [4.69, 9.17) is 4.74 Å². The van der Waals surface area contributed by atoms with Crippen LogP contribution in [0.25, 0.3) is 0 Å². The van der Waals surface area contributed by atoms with E-state index in [0.717, 1.165) is 6.54 Å². The van der Waals surface area contributed by atoms with Crippen molar-refractivity contribution < 1.29 is 9.53 Å². The first-order valence-corrected chi connectivity index (χ1v) is 5.39. The Morgan fingerprint density at radius 1 is 1.43 bits per heavy atom. The Bertz CT molecular complexity index is 300. The molecule has 3 nitrogen and oxygen atoms in total. The molecule has 0 aromatic carbocycles. The first kappa shape index (κ1) is 8.33. The number of cyclic esters (lactones) is 1. The minimum atomic E-state index is -0.109. The standard InChI is InChI=1S/C11H15NO2/c1-7-8-2-3-9(6-8)10(7)12-4-5-14-11(12)13/h2-3,7-10H,4-6H2,1H3/t7?,8-,9+,10-/m1/s1. The minimum Gasteiger partial charge on any atom is -0.448 e. The van der Waals surface area contributed by atoms with Gasteiger partial charge >= 0.3 is 6.09 Å². The van der Waals surface area contributed by atoms with Crippen LogP contribution in [0.15, 0.2) is 12.2 Å². The summed E-state index contributed by atoms with van der Waals surface area (Å²) in [6.45, 7) is 3.61. The van der Waals surface area contributed by atoms with E-state index in [2.05, 4.69) is 19.1 Å². The maximum atomic E-state index is 11.5. The number of rotatable bonds is 1. The topological polar surface area (TPSA) is 29.5 Å². The van der Waals surface area contributed by atoms with Crippen molar-refractivity contribution in [3.8, 4) is 0 Å². The second-order valence-corrected chi connectivity index (χ2v) is 4.61. The zero-order chi connectivity index (χ0) is 9.71. The summed E-state index contributed by atoms with van der Waals surface area (Å²) in [6, 6.07) is 0.403. The molecule has 0 aromatic rings. The van der Waals surface area contributed by atoms with Crippen molar-refractivity contribution in [2.45, 2.75) is 19.4 Å². The summed E-state index contributed by atoms with van der Waals surface area (Å²) < 4.78 is 5.00. The van der Waals surface area contributed by atoms with Crippen molar-refractivity contribution in [1.82, 2.24) is 4.90 Å². The summed E-state index contributed by atoms with van der Waals surface area (Å²) in [7, 11) is 0. The van der Waals surface area contributed by atoms with Gasteiger partial charge in [0.25, 0.3) is 0 Å². The number of ether oxygens (including phenoxy) is 1. The third-order valence-corrected chi connectivity index (χ3v) is 3.95. The van der Waals surface area contributed by atoms with Crippen LogP contribution < -0.4 is 0 Å². The van der Waals surface area contributed by atoms with Gasteiger partial charge in [-0.25, -0.2) is 4.79 Å². The number of amides is 1. The highest BCUT2D eigenvalue weighted by Crippen LogP contribution is 2.46. The van der Waals surface area contributed by atoms with Crippen LogP contribution in [0.2, 0.25) is 0 Å². The Morgan fingerprint density at radius 3 is 2.79 bits per heavy atom. The predicted molar refractivity (Wildman–Crippen MR) is 51.7 cm³/mol. The highest BCUT2D eigenvalue weighted by atomic mass is 16.6. The summed E-state index contributed by atoms with van der Waals surface area (Å²) in [5.41, 5.74) is 0. The monoisotopic (exact) mass is 193 g/mol. The molecule has 1 saturated carbocycles. The van der Waals surface area contributed by atoms with Crippen molar-refractivity contribution >= 4 is 6.09 Å². The number of hydrogen-bond donors (Lipinski definition) is 0. The van der Waals surface area contributed by atoms with Crippen LogP contribution in [0.3, 0.4) is 0 Å². The first-order valence-electron chi connectivity index (χ1n) is 5.39. The van der Waals surface area contributed by atoms with Crippen LogP contribution in [0.4, 0.5) is 4.79 Å². The molecule has 1 heterocycles. The summed E-state index contributed by atoms with van der Waals surface area (Å²) in [5, 5.41) is 0. The molecule has 2 fully saturated rings. The van der Waals surface area contributed by atoms with Crippen molar-refractivity contribution in [1.29, 1.82) is 0 Å². The highest BCUT2D eigenvalue weighted by molar-refractivity contribution is 5.70. The molecule has 0 radical (unpaired) electrons. The Kier molecular flexibility index (Phi) is 1.64. The Morgan fingerprint density at radius 2 is 2.21 bits per heavy atom. The number of nitrogens with zero attached hydrogens (tertiary/aromatic N) is 1. The van der Waals surface area contributed by atoms with Gasteiger partial charge in [-0.1, -0.05) is 19.1 Å². The molecule has 2 aliphatic carbocycles. The number of hydrogen-bond acceptors (Lipinski definition) is 2. The Balaban J connectivity index is 1.85. The summed E-state index contributed by atoms with van der Waals surface area (Å²) in [4.78, 5) is 13.4.